The molecule has 0 saturated carbocycles. The van der Waals surface area contributed by atoms with E-state index in [-0.39, 0.29) is 11.3 Å². The van der Waals surface area contributed by atoms with Gasteiger partial charge in [0.2, 0.25) is 11.8 Å². The van der Waals surface area contributed by atoms with E-state index >= 15 is 0 Å². The second-order valence-electron chi connectivity index (χ2n) is 3.05. The molecule has 0 fully saturated rings. The second-order valence-corrected chi connectivity index (χ2v) is 3.05. The van der Waals surface area contributed by atoms with Crippen molar-refractivity contribution >= 4 is 17.5 Å². The van der Waals surface area contributed by atoms with Crippen LogP contribution in [0.5, 0.6) is 0 Å². The fourth-order valence-electron chi connectivity index (χ4n) is 1.10. The molecule has 0 radical (unpaired) electrons. The Bertz CT molecular complexity index is 455. The lowest BCUT2D eigenvalue weighted by Crippen LogP contribution is -2.14. The van der Waals surface area contributed by atoms with E-state index in [2.05, 4.69) is 5.32 Å². The molecule has 1 aromatic rings. The van der Waals surface area contributed by atoms with E-state index in [9.17, 15) is 14.0 Å². The molecule has 2 amide bonds. The molecule has 0 aliphatic heterocycles. The van der Waals surface area contributed by atoms with E-state index in [0.29, 0.717) is 0 Å². The minimum atomic E-state index is -0.679. The predicted molar refractivity (Wildman–Crippen MR) is 58.4 cm³/mol. The van der Waals surface area contributed by atoms with Gasteiger partial charge in [0.25, 0.3) is 0 Å². The van der Waals surface area contributed by atoms with Gasteiger partial charge in [-0.3, -0.25) is 9.59 Å². The molecule has 0 atom stereocenters. The Morgan fingerprint density at radius 3 is 2.69 bits per heavy atom. The highest BCUT2D eigenvalue weighted by Gasteiger charge is 2.08. The minimum Gasteiger partial charge on any atom is -0.366 e. The van der Waals surface area contributed by atoms with E-state index in [4.69, 9.17) is 5.73 Å². The van der Waals surface area contributed by atoms with Crippen LogP contribution in [0.4, 0.5) is 10.1 Å². The van der Waals surface area contributed by atoms with Crippen molar-refractivity contribution in [2.24, 2.45) is 5.73 Å². The molecule has 0 unspecified atom stereocenters. The van der Waals surface area contributed by atoms with Crippen molar-refractivity contribution in [3.05, 3.63) is 41.7 Å². The van der Waals surface area contributed by atoms with Gasteiger partial charge in [-0.1, -0.05) is 6.08 Å². The summed E-state index contributed by atoms with van der Waals surface area (Å²) >= 11 is 0. The van der Waals surface area contributed by atoms with Gasteiger partial charge in [0.1, 0.15) is 5.82 Å². The summed E-state index contributed by atoms with van der Waals surface area (Å²) in [6.07, 6.45) is 2.77. The first-order valence-corrected chi connectivity index (χ1v) is 4.57. The number of nitrogens with two attached hydrogens (primary N) is 1. The number of carbonyl (C=O) groups excluding carboxylic acids is 2. The number of hydrogen-bond acceptors (Lipinski definition) is 2. The van der Waals surface area contributed by atoms with E-state index in [1.165, 1.54) is 24.3 Å². The maximum absolute atomic E-state index is 13.2. The summed E-state index contributed by atoms with van der Waals surface area (Å²) in [5.74, 6) is -1.77. The molecule has 5 heteroatoms. The Kier molecular flexibility index (Phi) is 3.77. The Morgan fingerprint density at radius 1 is 1.44 bits per heavy atom. The van der Waals surface area contributed by atoms with Gasteiger partial charge in [-0.15, -0.1) is 0 Å². The summed E-state index contributed by atoms with van der Waals surface area (Å²) in [6.45, 7) is 1.66. The van der Waals surface area contributed by atoms with Crippen molar-refractivity contribution in [3.8, 4) is 0 Å². The van der Waals surface area contributed by atoms with Crippen LogP contribution in [0.2, 0.25) is 0 Å². The number of allylic oxidation sites excluding steroid dienone is 1. The van der Waals surface area contributed by atoms with Crippen molar-refractivity contribution in [2.75, 3.05) is 5.32 Å². The van der Waals surface area contributed by atoms with E-state index < -0.39 is 17.6 Å². The van der Waals surface area contributed by atoms with Gasteiger partial charge in [0.05, 0.1) is 5.69 Å². The average molecular weight is 222 g/mol. The van der Waals surface area contributed by atoms with Crippen molar-refractivity contribution < 1.29 is 14.0 Å². The average Bonchev–Trinajstić information content (AvgIpc) is 2.21. The molecule has 0 aliphatic carbocycles. The summed E-state index contributed by atoms with van der Waals surface area (Å²) in [6, 6.07) is 3.52. The number of benzene rings is 1. The Hall–Kier alpha value is -2.17. The van der Waals surface area contributed by atoms with E-state index in [0.717, 1.165) is 6.07 Å². The van der Waals surface area contributed by atoms with Crippen LogP contribution in [0.15, 0.2) is 30.4 Å². The number of hydrogen-bond donors (Lipinski definition) is 2. The topological polar surface area (TPSA) is 72.2 Å². The van der Waals surface area contributed by atoms with E-state index in [1.807, 2.05) is 0 Å². The first-order chi connectivity index (χ1) is 7.54. The third kappa shape index (κ3) is 2.91. The largest absolute Gasteiger partial charge is 0.366 e. The molecule has 16 heavy (non-hydrogen) atoms. The lowest BCUT2D eigenvalue weighted by atomic mass is 10.2. The molecule has 84 valence electrons. The number of carbonyl (C=O) groups is 2. The molecule has 0 aliphatic rings. The number of nitrogens with one attached hydrogen (secondary N) is 1. The summed E-state index contributed by atoms with van der Waals surface area (Å²) in [4.78, 5) is 22.0. The second kappa shape index (κ2) is 5.06. The summed E-state index contributed by atoms with van der Waals surface area (Å²) in [5, 5.41) is 2.30. The quantitative estimate of drug-likeness (QED) is 0.759. The minimum absolute atomic E-state index is 0.0700. The van der Waals surface area contributed by atoms with Crippen molar-refractivity contribution in [1.29, 1.82) is 0 Å². The Morgan fingerprint density at radius 2 is 2.12 bits per heavy atom. The molecule has 0 spiro atoms. The SMILES string of the molecule is CC=CC(=O)Nc1cc(C(N)=O)ccc1F. The number of halogens is 1. The van der Waals surface area contributed by atoms with Gasteiger partial charge in [0, 0.05) is 5.56 Å². The van der Waals surface area contributed by atoms with Gasteiger partial charge in [-0.05, 0) is 31.2 Å². The molecule has 1 aromatic carbocycles. The van der Waals surface area contributed by atoms with Gasteiger partial charge in [-0.2, -0.15) is 0 Å². The maximum atomic E-state index is 13.2. The van der Waals surface area contributed by atoms with Crippen LogP contribution >= 0.6 is 0 Å². The highest BCUT2D eigenvalue weighted by Crippen LogP contribution is 2.15. The number of primary amides is 1. The van der Waals surface area contributed by atoms with Crippen molar-refractivity contribution in [3.63, 3.8) is 0 Å². The monoisotopic (exact) mass is 222 g/mol. The predicted octanol–water partition coefficient (Wildman–Crippen LogP) is 1.44. The normalized spacial score (nSPS) is 10.4. The number of anilines is 1. The fourth-order valence-corrected chi connectivity index (χ4v) is 1.10. The van der Waals surface area contributed by atoms with Crippen LogP contribution in [-0.2, 0) is 4.79 Å². The zero-order valence-electron chi connectivity index (χ0n) is 8.66. The number of rotatable bonds is 3. The maximum Gasteiger partial charge on any atom is 0.248 e. The molecule has 0 aromatic heterocycles. The summed E-state index contributed by atoms with van der Waals surface area (Å²) in [5.41, 5.74) is 5.10. The van der Waals surface area contributed by atoms with Crippen LogP contribution in [0.1, 0.15) is 17.3 Å². The first kappa shape index (κ1) is 11.9. The molecule has 3 N–H and O–H groups in total. The summed E-state index contributed by atoms with van der Waals surface area (Å²) < 4.78 is 13.2. The van der Waals surface area contributed by atoms with Crippen molar-refractivity contribution in [1.82, 2.24) is 0 Å². The third-order valence-electron chi connectivity index (χ3n) is 1.83. The van der Waals surface area contributed by atoms with Gasteiger partial charge in [-0.25, -0.2) is 4.39 Å². The van der Waals surface area contributed by atoms with Gasteiger partial charge < -0.3 is 11.1 Å². The van der Waals surface area contributed by atoms with Crippen LogP contribution in [0.25, 0.3) is 0 Å². The zero-order chi connectivity index (χ0) is 12.1. The first-order valence-electron chi connectivity index (χ1n) is 4.57. The molecule has 0 heterocycles. The third-order valence-corrected chi connectivity index (χ3v) is 1.83. The standard InChI is InChI=1S/C11H11FN2O2/c1-2-3-10(15)14-9-6-7(11(13)16)4-5-8(9)12/h2-6H,1H3,(H2,13,16)(H,14,15). The summed E-state index contributed by atoms with van der Waals surface area (Å²) in [7, 11) is 0. The lowest BCUT2D eigenvalue weighted by molar-refractivity contribution is -0.111. The zero-order valence-corrected chi connectivity index (χ0v) is 8.66. The highest BCUT2D eigenvalue weighted by atomic mass is 19.1. The molecule has 4 nitrogen and oxygen atoms in total. The van der Waals surface area contributed by atoms with Crippen LogP contribution in [0.3, 0.4) is 0 Å². The van der Waals surface area contributed by atoms with Crippen LogP contribution < -0.4 is 11.1 Å². The Balaban J connectivity index is 2.98. The molecule has 0 saturated heterocycles. The molecular formula is C11H11FN2O2. The molecule has 0 bridgehead atoms. The lowest BCUT2D eigenvalue weighted by Gasteiger charge is -2.05. The van der Waals surface area contributed by atoms with Crippen LogP contribution in [0, 0.1) is 5.82 Å². The Labute approximate surface area is 91.9 Å². The smallest absolute Gasteiger partial charge is 0.248 e. The van der Waals surface area contributed by atoms with Gasteiger partial charge in [0.15, 0.2) is 0 Å². The highest BCUT2D eigenvalue weighted by molar-refractivity contribution is 6.00. The molecular weight excluding hydrogens is 211 g/mol. The number of amides is 2. The van der Waals surface area contributed by atoms with E-state index in [1.54, 1.807) is 6.92 Å². The molecule has 1 rings (SSSR count). The van der Waals surface area contributed by atoms with Crippen LogP contribution in [-0.4, -0.2) is 11.8 Å². The fraction of sp³-hybridized carbons (Fsp3) is 0.0909. The van der Waals surface area contributed by atoms with Crippen molar-refractivity contribution in [2.45, 2.75) is 6.92 Å². The van der Waals surface area contributed by atoms with Gasteiger partial charge >= 0.3 is 0 Å².